The maximum absolute atomic E-state index is 15.3. The van der Waals surface area contributed by atoms with Crippen molar-refractivity contribution in [1.29, 1.82) is 0 Å². The molecular formula is C60H72N12O11S. The van der Waals surface area contributed by atoms with Gasteiger partial charge in [0.05, 0.1) is 11.8 Å². The molecule has 8 rings (SSSR count). The highest BCUT2D eigenvalue weighted by Crippen LogP contribution is 2.30. The van der Waals surface area contributed by atoms with Gasteiger partial charge in [0.25, 0.3) is 0 Å². The SMILES string of the molecule is CN1C(=O)CSC[C@@H](C=O)NC(=O)[C@H](Cc2ccc(C(N)=O)cc2)NC(=O)[C@@H]2Cc3ccccc3CN2C(=O)[C@@H]2CCCN2C(=O)[C@H](CCCN=C(N)N)NC(=O)[C@H](Cc2ccc(O)cc2)NC(=O)[C@@H]2CCCN2C(=O)[C@@H]1Cc1ccccc1. The monoisotopic (exact) mass is 1170 g/mol. The number of phenolic OH excluding ortho intramolecular Hbond substituents is 1. The first-order chi connectivity index (χ1) is 40.4. The van der Waals surface area contributed by atoms with Gasteiger partial charge in [0.1, 0.15) is 54.3 Å². The van der Waals surface area contributed by atoms with Gasteiger partial charge in [0.15, 0.2) is 5.96 Å². The van der Waals surface area contributed by atoms with Gasteiger partial charge in [-0.2, -0.15) is 0 Å². The number of amides is 9. The number of aromatic hydroxyl groups is 1. The maximum Gasteiger partial charge on any atom is 0.248 e. The fourth-order valence-electron chi connectivity index (χ4n) is 11.2. The van der Waals surface area contributed by atoms with Crippen LogP contribution >= 0.6 is 11.8 Å². The molecule has 84 heavy (non-hydrogen) atoms. The molecule has 4 heterocycles. The van der Waals surface area contributed by atoms with Crippen molar-refractivity contribution in [3.63, 3.8) is 0 Å². The summed E-state index contributed by atoms with van der Waals surface area (Å²) in [6.45, 7) is 0.298. The average Bonchev–Trinajstić information content (AvgIpc) is 4.13. The highest BCUT2D eigenvalue weighted by Gasteiger charge is 2.46. The van der Waals surface area contributed by atoms with Crippen LogP contribution in [0.15, 0.2) is 108 Å². The lowest BCUT2D eigenvalue weighted by Gasteiger charge is -2.39. The molecule has 0 aromatic heterocycles. The van der Waals surface area contributed by atoms with Gasteiger partial charge in [0, 0.05) is 70.2 Å². The third-order valence-electron chi connectivity index (χ3n) is 15.8. The number of hydrogen-bond donors (Lipinski definition) is 8. The molecule has 4 aliphatic rings. The predicted molar refractivity (Wildman–Crippen MR) is 312 cm³/mol. The summed E-state index contributed by atoms with van der Waals surface area (Å²) in [5, 5.41) is 21.5. The van der Waals surface area contributed by atoms with Crippen molar-refractivity contribution < 1.29 is 53.1 Å². The van der Waals surface area contributed by atoms with Crippen molar-refractivity contribution in [2.24, 2.45) is 22.2 Å². The number of rotatable bonds is 12. The first-order valence-electron chi connectivity index (χ1n) is 28.1. The Morgan fingerprint density at radius 1 is 0.631 bits per heavy atom. The summed E-state index contributed by atoms with van der Waals surface area (Å²) in [4.78, 5) is 153. The lowest BCUT2D eigenvalue weighted by atomic mass is 9.92. The van der Waals surface area contributed by atoms with E-state index >= 15 is 9.59 Å². The van der Waals surface area contributed by atoms with Crippen LogP contribution in [0.3, 0.4) is 0 Å². The van der Waals surface area contributed by atoms with Crippen LogP contribution in [0.1, 0.15) is 76.7 Å². The Kier molecular flexibility index (Phi) is 20.8. The first-order valence-corrected chi connectivity index (χ1v) is 29.3. The lowest BCUT2D eigenvalue weighted by Crippen LogP contribution is -2.61. The number of primary amides is 1. The molecule has 4 aliphatic heterocycles. The van der Waals surface area contributed by atoms with Gasteiger partial charge in [-0.05, 0) is 90.6 Å². The van der Waals surface area contributed by atoms with Crippen LogP contribution < -0.4 is 38.5 Å². The maximum atomic E-state index is 15.3. The average molecular weight is 1170 g/mol. The van der Waals surface area contributed by atoms with Gasteiger partial charge in [0.2, 0.25) is 53.2 Å². The van der Waals surface area contributed by atoms with Crippen LogP contribution in [-0.4, -0.2) is 177 Å². The molecule has 0 unspecified atom stereocenters. The zero-order valence-corrected chi connectivity index (χ0v) is 47.5. The molecule has 3 fully saturated rings. The highest BCUT2D eigenvalue weighted by atomic mass is 32.2. The van der Waals surface area contributed by atoms with Crippen molar-refractivity contribution >= 4 is 77.2 Å². The molecular weight excluding hydrogens is 1100 g/mol. The molecule has 0 saturated carbocycles. The minimum Gasteiger partial charge on any atom is -0.508 e. The lowest BCUT2D eigenvalue weighted by molar-refractivity contribution is -0.150. The largest absolute Gasteiger partial charge is 0.508 e. The number of hydrogen-bond acceptors (Lipinski definition) is 13. The topological polar surface area (TPSA) is 342 Å². The highest BCUT2D eigenvalue weighted by molar-refractivity contribution is 8.00. The minimum absolute atomic E-state index is 0.0150. The number of aldehydes is 1. The number of fused-ring (bicyclic) bond motifs is 4. The summed E-state index contributed by atoms with van der Waals surface area (Å²) < 4.78 is 0. The van der Waals surface area contributed by atoms with Crippen molar-refractivity contribution in [2.75, 3.05) is 38.2 Å². The normalized spacial score (nSPS) is 24.3. The number of phenols is 1. The number of carbonyl (C=O) groups is 10. The van der Waals surface area contributed by atoms with Crippen LogP contribution in [-0.2, 0) is 75.4 Å². The van der Waals surface area contributed by atoms with Crippen LogP contribution in [0.4, 0.5) is 0 Å². The van der Waals surface area contributed by atoms with E-state index in [2.05, 4.69) is 26.3 Å². The minimum atomic E-state index is -1.36. The summed E-state index contributed by atoms with van der Waals surface area (Å²) in [5.41, 5.74) is 20.3. The molecule has 9 amide bonds. The van der Waals surface area contributed by atoms with E-state index in [0.29, 0.717) is 30.3 Å². The smallest absolute Gasteiger partial charge is 0.248 e. The third kappa shape index (κ3) is 15.4. The molecule has 3 saturated heterocycles. The first kappa shape index (κ1) is 61.3. The van der Waals surface area contributed by atoms with Crippen LogP contribution in [0.5, 0.6) is 5.75 Å². The Balaban J connectivity index is 1.17. The van der Waals surface area contributed by atoms with Gasteiger partial charge < -0.3 is 68.0 Å². The molecule has 0 spiro atoms. The summed E-state index contributed by atoms with van der Waals surface area (Å²) in [7, 11) is 1.48. The predicted octanol–water partition coefficient (Wildman–Crippen LogP) is 0.220. The van der Waals surface area contributed by atoms with Crippen molar-refractivity contribution in [3.8, 4) is 5.75 Å². The molecule has 23 nitrogen and oxygen atoms in total. The van der Waals surface area contributed by atoms with E-state index in [4.69, 9.17) is 17.2 Å². The third-order valence-corrected chi connectivity index (χ3v) is 16.9. The van der Waals surface area contributed by atoms with Crippen LogP contribution in [0.25, 0.3) is 0 Å². The van der Waals surface area contributed by atoms with E-state index in [1.54, 1.807) is 48.5 Å². The van der Waals surface area contributed by atoms with E-state index in [1.165, 1.54) is 50.9 Å². The number of aliphatic imine (C=N–C) groups is 1. The fraction of sp³-hybridized carbons (Fsp3) is 0.417. The van der Waals surface area contributed by atoms with E-state index in [0.717, 1.165) is 28.5 Å². The van der Waals surface area contributed by atoms with Crippen molar-refractivity contribution in [2.45, 2.75) is 119 Å². The number of nitrogens with one attached hydrogen (secondary N) is 4. The Morgan fingerprint density at radius 2 is 1.19 bits per heavy atom. The Morgan fingerprint density at radius 3 is 1.82 bits per heavy atom. The number of thioether (sulfide) groups is 1. The number of nitrogens with zero attached hydrogens (tertiary/aromatic N) is 5. The fourth-order valence-corrected chi connectivity index (χ4v) is 12.1. The van der Waals surface area contributed by atoms with Crippen molar-refractivity contribution in [3.05, 3.63) is 137 Å². The molecule has 11 N–H and O–H groups in total. The zero-order chi connectivity index (χ0) is 60.0. The number of guanidine groups is 1. The molecule has 444 valence electrons. The Labute approximate surface area is 490 Å². The number of benzene rings is 4. The van der Waals surface area contributed by atoms with E-state index in [-0.39, 0.29) is 106 Å². The second kappa shape index (κ2) is 28.5. The number of likely N-dealkylation sites (N-methyl/N-ethyl adjacent to an activating group) is 1. The van der Waals surface area contributed by atoms with Gasteiger partial charge in [-0.25, -0.2) is 0 Å². The molecule has 24 heteroatoms. The Bertz CT molecular complexity index is 3110. The molecule has 4 aromatic rings. The van der Waals surface area contributed by atoms with Gasteiger partial charge in [-0.15, -0.1) is 11.8 Å². The molecule has 4 aromatic carbocycles. The summed E-state index contributed by atoms with van der Waals surface area (Å²) in [6.07, 6.45) is 1.77. The van der Waals surface area contributed by atoms with Crippen LogP contribution in [0, 0.1) is 0 Å². The second-order valence-electron chi connectivity index (χ2n) is 21.6. The van der Waals surface area contributed by atoms with E-state index in [9.17, 15) is 43.5 Å². The van der Waals surface area contributed by atoms with Crippen LogP contribution in [0.2, 0.25) is 0 Å². The molecule has 0 bridgehead atoms. The quantitative estimate of drug-likeness (QED) is 0.0408. The summed E-state index contributed by atoms with van der Waals surface area (Å²) in [6, 6.07) is 18.7. The summed E-state index contributed by atoms with van der Waals surface area (Å²) >= 11 is 1.03. The van der Waals surface area contributed by atoms with Gasteiger partial charge in [-0.1, -0.05) is 78.9 Å². The van der Waals surface area contributed by atoms with Gasteiger partial charge >= 0.3 is 0 Å². The number of nitrogens with two attached hydrogens (primary N) is 3. The molecule has 0 aliphatic carbocycles. The molecule has 0 radical (unpaired) electrons. The van der Waals surface area contributed by atoms with E-state index < -0.39 is 101 Å². The van der Waals surface area contributed by atoms with Gasteiger partial charge in [-0.3, -0.25) is 48.1 Å². The zero-order valence-electron chi connectivity index (χ0n) is 46.7. The summed E-state index contributed by atoms with van der Waals surface area (Å²) in [5.74, 6) is -6.33. The Hall–Kier alpha value is -8.80. The second-order valence-corrected chi connectivity index (χ2v) is 22.6. The molecule has 8 atom stereocenters. The van der Waals surface area contributed by atoms with E-state index in [1.807, 2.05) is 30.3 Å². The standard InChI is InChI=1S/C60H72N12O11S/c1-69-50(30-36-10-3-2-4-11-36)59(83)70-26-8-15-47(70)55(79)67-46(29-38-19-23-43(74)24-20-38)54(78)66-44(14-7-25-64-60(62)63)57(81)71-27-9-16-48(71)58(82)72-32-41-13-6-5-12-40(41)31-49(72)56(80)68-45(28-37-17-21-39(22-18-37)52(61)76)53(77)65-42(33-73)34-84-35-51(69)75/h2-6,10-13,17-24,33,42,44-50,74H,7-9,14-16,25-32,34-35H2,1H3,(H2,61,76)(H,65,77)(H,66,78)(H,67,79)(H,68,80)(H4,62,63,64)/t42-,44+,45+,46+,47+,48+,49+,50+/m1/s1. The number of carbonyl (C=O) groups excluding carboxylic acids is 10. The van der Waals surface area contributed by atoms with Crippen molar-refractivity contribution in [1.82, 2.24) is 40.9 Å².